The standard InChI is InChI=1S/C16H26FNO2/c1-6-16(7-2,18(3)4)15(19)11-12-8-9-14(20-5)13(17)10-12/h8-10,15,19H,6-7,11H2,1-5H3. The molecule has 0 spiro atoms. The van der Waals surface area contributed by atoms with E-state index in [-0.39, 0.29) is 17.1 Å². The molecule has 0 saturated heterocycles. The van der Waals surface area contributed by atoms with E-state index in [0.717, 1.165) is 18.4 Å². The maximum absolute atomic E-state index is 13.7. The predicted octanol–water partition coefficient (Wildman–Crippen LogP) is 2.86. The Balaban J connectivity index is 2.93. The van der Waals surface area contributed by atoms with Crippen LogP contribution in [0.25, 0.3) is 0 Å². The smallest absolute Gasteiger partial charge is 0.165 e. The SMILES string of the molecule is CCC(CC)(C(O)Cc1ccc(OC)c(F)c1)N(C)C. The second-order valence-electron chi connectivity index (χ2n) is 5.39. The summed E-state index contributed by atoms with van der Waals surface area (Å²) in [5.74, 6) is -0.159. The van der Waals surface area contributed by atoms with E-state index in [9.17, 15) is 9.50 Å². The number of rotatable bonds is 7. The van der Waals surface area contributed by atoms with E-state index in [2.05, 4.69) is 18.7 Å². The lowest BCUT2D eigenvalue weighted by atomic mass is 9.82. The van der Waals surface area contributed by atoms with E-state index in [1.54, 1.807) is 12.1 Å². The molecule has 0 aliphatic carbocycles. The van der Waals surface area contributed by atoms with Gasteiger partial charge < -0.3 is 14.7 Å². The summed E-state index contributed by atoms with van der Waals surface area (Å²) in [6.45, 7) is 4.14. The highest BCUT2D eigenvalue weighted by Gasteiger charge is 2.36. The lowest BCUT2D eigenvalue weighted by Gasteiger charge is -2.42. The zero-order chi connectivity index (χ0) is 15.3. The number of aliphatic hydroxyl groups excluding tert-OH is 1. The van der Waals surface area contributed by atoms with E-state index in [1.807, 2.05) is 14.1 Å². The van der Waals surface area contributed by atoms with E-state index in [0.29, 0.717) is 6.42 Å². The predicted molar refractivity (Wildman–Crippen MR) is 79.7 cm³/mol. The third-order valence-corrected chi connectivity index (χ3v) is 4.38. The van der Waals surface area contributed by atoms with Gasteiger partial charge in [0, 0.05) is 12.0 Å². The van der Waals surface area contributed by atoms with E-state index < -0.39 is 6.10 Å². The Morgan fingerprint density at radius 1 is 1.30 bits per heavy atom. The molecule has 0 fully saturated rings. The number of hydrogen-bond donors (Lipinski definition) is 1. The number of methoxy groups -OCH3 is 1. The normalized spacial score (nSPS) is 13.6. The number of halogens is 1. The quantitative estimate of drug-likeness (QED) is 0.835. The highest BCUT2D eigenvalue weighted by Crippen LogP contribution is 2.28. The molecule has 0 amide bonds. The summed E-state index contributed by atoms with van der Waals surface area (Å²) in [5, 5.41) is 10.6. The van der Waals surface area contributed by atoms with Crippen molar-refractivity contribution < 1.29 is 14.2 Å². The summed E-state index contributed by atoms with van der Waals surface area (Å²) in [4.78, 5) is 2.07. The summed E-state index contributed by atoms with van der Waals surface area (Å²) in [6.07, 6.45) is 1.58. The second-order valence-corrected chi connectivity index (χ2v) is 5.39. The molecule has 0 bridgehead atoms. The van der Waals surface area contributed by atoms with Gasteiger partial charge in [-0.3, -0.25) is 0 Å². The van der Waals surface area contributed by atoms with Crippen LogP contribution in [0.4, 0.5) is 4.39 Å². The van der Waals surface area contributed by atoms with E-state index in [4.69, 9.17) is 4.74 Å². The number of likely N-dealkylation sites (N-methyl/N-ethyl adjacent to an activating group) is 1. The van der Waals surface area contributed by atoms with Gasteiger partial charge in [-0.15, -0.1) is 0 Å². The molecule has 20 heavy (non-hydrogen) atoms. The number of ether oxygens (including phenoxy) is 1. The third-order valence-electron chi connectivity index (χ3n) is 4.38. The van der Waals surface area contributed by atoms with Crippen LogP contribution >= 0.6 is 0 Å². The minimum absolute atomic E-state index is 0.230. The van der Waals surface area contributed by atoms with Crippen molar-refractivity contribution in [2.75, 3.05) is 21.2 Å². The summed E-state index contributed by atoms with van der Waals surface area (Å²) < 4.78 is 18.6. The molecule has 0 heterocycles. The highest BCUT2D eigenvalue weighted by molar-refractivity contribution is 5.30. The molecule has 1 rings (SSSR count). The fourth-order valence-corrected chi connectivity index (χ4v) is 2.90. The van der Waals surface area contributed by atoms with E-state index in [1.165, 1.54) is 13.2 Å². The number of benzene rings is 1. The lowest BCUT2D eigenvalue weighted by Crippen LogP contribution is -2.53. The Kier molecular flexibility index (Phi) is 5.96. The van der Waals surface area contributed by atoms with Crippen LogP contribution in [0.15, 0.2) is 18.2 Å². The van der Waals surface area contributed by atoms with Crippen molar-refractivity contribution in [3.8, 4) is 5.75 Å². The van der Waals surface area contributed by atoms with Gasteiger partial charge in [-0.1, -0.05) is 19.9 Å². The van der Waals surface area contributed by atoms with Crippen LogP contribution < -0.4 is 4.74 Å². The highest BCUT2D eigenvalue weighted by atomic mass is 19.1. The van der Waals surface area contributed by atoms with Gasteiger partial charge in [0.1, 0.15) is 0 Å². The molecule has 3 nitrogen and oxygen atoms in total. The summed E-state index contributed by atoms with van der Waals surface area (Å²) in [6, 6.07) is 4.84. The Bertz CT molecular complexity index is 430. The lowest BCUT2D eigenvalue weighted by molar-refractivity contribution is -0.0126. The number of nitrogens with zero attached hydrogens (tertiary/aromatic N) is 1. The monoisotopic (exact) mass is 283 g/mol. The Labute approximate surface area is 121 Å². The Hall–Kier alpha value is -1.13. The Morgan fingerprint density at radius 2 is 1.90 bits per heavy atom. The van der Waals surface area contributed by atoms with Crippen LogP contribution in [-0.4, -0.2) is 42.9 Å². The van der Waals surface area contributed by atoms with Crippen LogP contribution in [0.1, 0.15) is 32.3 Å². The molecule has 1 aromatic rings. The first-order valence-corrected chi connectivity index (χ1v) is 7.09. The van der Waals surface area contributed by atoms with Gasteiger partial charge in [0.25, 0.3) is 0 Å². The van der Waals surface area contributed by atoms with Crippen LogP contribution in [0.5, 0.6) is 5.75 Å². The van der Waals surface area contributed by atoms with Crippen molar-refractivity contribution in [2.24, 2.45) is 0 Å². The largest absolute Gasteiger partial charge is 0.494 e. The van der Waals surface area contributed by atoms with Gasteiger partial charge >= 0.3 is 0 Å². The summed E-state index contributed by atoms with van der Waals surface area (Å²) >= 11 is 0. The minimum Gasteiger partial charge on any atom is -0.494 e. The van der Waals surface area contributed by atoms with Crippen LogP contribution in [0.3, 0.4) is 0 Å². The first-order valence-electron chi connectivity index (χ1n) is 7.09. The van der Waals surface area contributed by atoms with Crippen molar-refractivity contribution in [2.45, 2.75) is 44.8 Å². The van der Waals surface area contributed by atoms with Crippen molar-refractivity contribution in [1.82, 2.24) is 4.90 Å². The molecule has 0 aromatic heterocycles. The molecule has 114 valence electrons. The molecular weight excluding hydrogens is 257 g/mol. The molecule has 4 heteroatoms. The fraction of sp³-hybridized carbons (Fsp3) is 0.625. The van der Waals surface area contributed by atoms with E-state index >= 15 is 0 Å². The molecule has 1 unspecified atom stereocenters. The molecule has 0 radical (unpaired) electrons. The number of hydrogen-bond acceptors (Lipinski definition) is 3. The molecule has 1 atom stereocenters. The van der Waals surface area contributed by atoms with Crippen molar-refractivity contribution in [3.63, 3.8) is 0 Å². The zero-order valence-corrected chi connectivity index (χ0v) is 13.1. The van der Waals surface area contributed by atoms with Gasteiger partial charge in [-0.25, -0.2) is 4.39 Å². The van der Waals surface area contributed by atoms with Gasteiger partial charge in [-0.05, 0) is 44.6 Å². The summed E-state index contributed by atoms with van der Waals surface area (Å²) in [5.41, 5.74) is 0.500. The van der Waals surface area contributed by atoms with Gasteiger partial charge in [-0.2, -0.15) is 0 Å². The summed E-state index contributed by atoms with van der Waals surface area (Å²) in [7, 11) is 5.40. The maximum Gasteiger partial charge on any atom is 0.165 e. The molecule has 1 N–H and O–H groups in total. The second kappa shape index (κ2) is 7.04. The van der Waals surface area contributed by atoms with Gasteiger partial charge in [0.2, 0.25) is 0 Å². The van der Waals surface area contributed by atoms with Crippen LogP contribution in [0.2, 0.25) is 0 Å². The third kappa shape index (κ3) is 3.30. The fourth-order valence-electron chi connectivity index (χ4n) is 2.90. The first kappa shape index (κ1) is 16.9. The van der Waals surface area contributed by atoms with Crippen molar-refractivity contribution in [3.05, 3.63) is 29.6 Å². The molecule has 0 saturated carbocycles. The minimum atomic E-state index is -0.541. The van der Waals surface area contributed by atoms with Crippen LogP contribution in [-0.2, 0) is 6.42 Å². The van der Waals surface area contributed by atoms with Gasteiger partial charge in [0.15, 0.2) is 11.6 Å². The average molecular weight is 283 g/mol. The van der Waals surface area contributed by atoms with Gasteiger partial charge in [0.05, 0.1) is 13.2 Å². The zero-order valence-electron chi connectivity index (χ0n) is 13.1. The average Bonchev–Trinajstić information content (AvgIpc) is 2.40. The first-order chi connectivity index (χ1) is 9.41. The Morgan fingerprint density at radius 3 is 2.30 bits per heavy atom. The van der Waals surface area contributed by atoms with Crippen molar-refractivity contribution in [1.29, 1.82) is 0 Å². The molecule has 0 aliphatic rings. The molecule has 1 aromatic carbocycles. The number of aliphatic hydroxyl groups is 1. The van der Waals surface area contributed by atoms with Crippen LogP contribution in [0, 0.1) is 5.82 Å². The maximum atomic E-state index is 13.7. The topological polar surface area (TPSA) is 32.7 Å². The molecular formula is C16H26FNO2. The molecule has 0 aliphatic heterocycles. The van der Waals surface area contributed by atoms with Crippen molar-refractivity contribution >= 4 is 0 Å².